The maximum Gasteiger partial charge on any atom is 0.336 e. The summed E-state index contributed by atoms with van der Waals surface area (Å²) in [7, 11) is -4.15. The second-order valence-electron chi connectivity index (χ2n) is 6.92. The third-order valence-electron chi connectivity index (χ3n) is 4.50. The van der Waals surface area contributed by atoms with Gasteiger partial charge in [-0.15, -0.1) is 0 Å². The van der Waals surface area contributed by atoms with Gasteiger partial charge in [-0.2, -0.15) is 13.1 Å². The van der Waals surface area contributed by atoms with Gasteiger partial charge < -0.3 is 0 Å². The van der Waals surface area contributed by atoms with E-state index in [0.717, 1.165) is 5.56 Å². The van der Waals surface area contributed by atoms with Gasteiger partial charge in [0, 0.05) is 15.0 Å². The minimum atomic E-state index is -4.15. The number of carbonyl (C=O) groups excluding carboxylic acids is 2. The number of nitrogens with zero attached hydrogens (tertiary/aromatic N) is 1. The third kappa shape index (κ3) is 6.24. The number of hydrogen-bond donors (Lipinski definition) is 1. The van der Waals surface area contributed by atoms with Gasteiger partial charge in [-0.25, -0.2) is 0 Å². The number of rotatable bonds is 7. The maximum atomic E-state index is 12.5. The van der Waals surface area contributed by atoms with Crippen LogP contribution in [0.4, 0.5) is 5.69 Å². The molecule has 7 nitrogen and oxygen atoms in total. The van der Waals surface area contributed by atoms with Gasteiger partial charge in [0.05, 0.1) is 17.8 Å². The fourth-order valence-corrected chi connectivity index (χ4v) is 5.83. The molecule has 0 spiro atoms. The molecule has 172 valence electrons. The highest BCUT2D eigenvalue weighted by molar-refractivity contribution is 9.11. The number of fused-ring (bicyclic) bond motifs is 1. The summed E-state index contributed by atoms with van der Waals surface area (Å²) in [6.45, 7) is 1.17. The Kier molecular flexibility index (Phi) is 7.99. The van der Waals surface area contributed by atoms with E-state index >= 15 is 0 Å². The Labute approximate surface area is 216 Å². The zero-order valence-electron chi connectivity index (χ0n) is 16.2. The van der Waals surface area contributed by atoms with Crippen LogP contribution in [0, 0.1) is 0 Å². The van der Waals surface area contributed by atoms with Crippen molar-refractivity contribution in [1.82, 2.24) is 4.72 Å². The molecule has 1 unspecified atom stereocenters. The molecule has 1 amide bonds. The van der Waals surface area contributed by atoms with Crippen LogP contribution in [-0.2, 0) is 25.8 Å². The Morgan fingerprint density at radius 2 is 1.75 bits per heavy atom. The molecule has 13 heteroatoms. The van der Waals surface area contributed by atoms with Gasteiger partial charge in [-0.1, -0.05) is 75.0 Å². The predicted molar refractivity (Wildman–Crippen MR) is 131 cm³/mol. The van der Waals surface area contributed by atoms with Crippen molar-refractivity contribution < 1.29 is 22.2 Å². The van der Waals surface area contributed by atoms with E-state index in [-0.39, 0.29) is 6.54 Å². The molecule has 1 aliphatic heterocycles. The molecule has 2 aromatic carbocycles. The highest BCUT2D eigenvalue weighted by Gasteiger charge is 2.37. The van der Waals surface area contributed by atoms with Crippen molar-refractivity contribution in [3.8, 4) is 0 Å². The molecular weight excluding hydrogens is 634 g/mol. The van der Waals surface area contributed by atoms with E-state index in [1.807, 2.05) is 0 Å². The minimum absolute atomic E-state index is 0.171. The fourth-order valence-electron chi connectivity index (χ4n) is 3.06. The van der Waals surface area contributed by atoms with E-state index < -0.39 is 38.4 Å². The molecular formula is C19H15Br2Cl3N2O5S. The number of nitrogens with one attached hydrogen (secondary N) is 1. The van der Waals surface area contributed by atoms with E-state index in [1.54, 1.807) is 43.3 Å². The van der Waals surface area contributed by atoms with Crippen LogP contribution in [0.2, 0.25) is 0 Å². The summed E-state index contributed by atoms with van der Waals surface area (Å²) in [4.78, 5) is 26.3. The van der Waals surface area contributed by atoms with Crippen LogP contribution in [0.1, 0.15) is 34.5 Å². The Bertz CT molecular complexity index is 1170. The predicted octanol–water partition coefficient (Wildman–Crippen LogP) is 5.22. The molecule has 1 N–H and O–H groups in total. The average molecular weight is 650 g/mol. The molecule has 0 saturated heterocycles. The topological polar surface area (TPSA) is 92.8 Å². The van der Waals surface area contributed by atoms with Gasteiger partial charge in [0.1, 0.15) is 6.61 Å². The monoisotopic (exact) mass is 646 g/mol. The SMILES string of the molecule is CC(NS(=O)(=O)OCC(Cl)(Cl)Cl)c1ccc(CN2C(=O)C(=O)c3cc(Br)cc(Br)c32)cc1. The van der Waals surface area contributed by atoms with Crippen molar-refractivity contribution in [2.75, 3.05) is 11.5 Å². The first-order chi connectivity index (χ1) is 14.8. The van der Waals surface area contributed by atoms with Crippen LogP contribution in [0.15, 0.2) is 45.3 Å². The fraction of sp³-hybridized carbons (Fsp3) is 0.263. The number of halogens is 5. The van der Waals surface area contributed by atoms with E-state index in [2.05, 4.69) is 40.8 Å². The van der Waals surface area contributed by atoms with Gasteiger partial charge in [0.2, 0.25) is 3.79 Å². The van der Waals surface area contributed by atoms with Gasteiger partial charge in [-0.3, -0.25) is 18.7 Å². The number of ketones is 1. The molecule has 1 atom stereocenters. The van der Waals surface area contributed by atoms with Crippen molar-refractivity contribution in [1.29, 1.82) is 0 Å². The zero-order chi connectivity index (χ0) is 23.8. The number of hydrogen-bond acceptors (Lipinski definition) is 5. The summed E-state index contributed by atoms with van der Waals surface area (Å²) in [6.07, 6.45) is 0. The van der Waals surface area contributed by atoms with Gasteiger partial charge >= 0.3 is 10.3 Å². The lowest BCUT2D eigenvalue weighted by atomic mass is 10.1. The second kappa shape index (κ2) is 9.87. The van der Waals surface area contributed by atoms with Crippen LogP contribution in [0.3, 0.4) is 0 Å². The Morgan fingerprint density at radius 3 is 2.34 bits per heavy atom. The summed E-state index contributed by atoms with van der Waals surface area (Å²) in [5.74, 6) is -1.19. The normalized spacial score (nSPS) is 15.2. The Balaban J connectivity index is 1.72. The van der Waals surface area contributed by atoms with Crippen LogP contribution in [0.25, 0.3) is 0 Å². The molecule has 0 radical (unpaired) electrons. The third-order valence-corrected chi connectivity index (χ3v) is 6.96. The van der Waals surface area contributed by atoms with Crippen molar-refractivity contribution in [2.24, 2.45) is 0 Å². The molecule has 3 rings (SSSR count). The van der Waals surface area contributed by atoms with Crippen molar-refractivity contribution in [3.63, 3.8) is 0 Å². The molecule has 0 aromatic heterocycles. The minimum Gasteiger partial charge on any atom is -0.299 e. The first-order valence-electron chi connectivity index (χ1n) is 8.95. The van der Waals surface area contributed by atoms with Gasteiger partial charge in [-0.05, 0) is 46.1 Å². The molecule has 1 heterocycles. The summed E-state index contributed by atoms with van der Waals surface area (Å²) < 4.78 is 30.4. The molecule has 0 fully saturated rings. The van der Waals surface area contributed by atoms with Gasteiger partial charge in [0.15, 0.2) is 0 Å². The summed E-state index contributed by atoms with van der Waals surface area (Å²) in [5, 5.41) is 0. The van der Waals surface area contributed by atoms with Crippen LogP contribution in [0.5, 0.6) is 0 Å². The molecule has 0 bridgehead atoms. The first kappa shape index (κ1) is 25.9. The number of carbonyl (C=O) groups is 2. The highest BCUT2D eigenvalue weighted by Crippen LogP contribution is 2.39. The molecule has 0 saturated carbocycles. The highest BCUT2D eigenvalue weighted by atomic mass is 79.9. The lowest BCUT2D eigenvalue weighted by Crippen LogP contribution is -2.31. The average Bonchev–Trinajstić information content (AvgIpc) is 2.91. The second-order valence-corrected chi connectivity index (χ2v) is 12.6. The van der Waals surface area contributed by atoms with Gasteiger partial charge in [0.25, 0.3) is 11.7 Å². The van der Waals surface area contributed by atoms with Crippen molar-refractivity contribution in [3.05, 3.63) is 62.0 Å². The van der Waals surface area contributed by atoms with Crippen LogP contribution in [-0.4, -0.2) is 30.5 Å². The van der Waals surface area contributed by atoms with E-state index in [1.165, 1.54) is 4.90 Å². The molecule has 2 aromatic rings. The maximum absolute atomic E-state index is 12.5. The standard InChI is InChI=1S/C19H15Br2Cl3N2O5S/c1-10(25-32(29,30)31-9-19(22,23)24)12-4-2-11(3-5-12)8-26-16-14(17(27)18(26)28)6-13(20)7-15(16)21/h2-7,10,25H,8-9H2,1H3. The smallest absolute Gasteiger partial charge is 0.299 e. The van der Waals surface area contributed by atoms with Crippen LogP contribution < -0.4 is 9.62 Å². The Morgan fingerprint density at radius 1 is 1.12 bits per heavy atom. The number of amides is 1. The summed E-state index contributed by atoms with van der Waals surface area (Å²) in [5.41, 5.74) is 2.23. The van der Waals surface area contributed by atoms with Crippen molar-refractivity contribution in [2.45, 2.75) is 23.3 Å². The van der Waals surface area contributed by atoms with E-state index in [9.17, 15) is 18.0 Å². The summed E-state index contributed by atoms with van der Waals surface area (Å²) in [6, 6.07) is 9.64. The first-order valence-corrected chi connectivity index (χ1v) is 13.1. The number of benzene rings is 2. The number of alkyl halides is 3. The quantitative estimate of drug-likeness (QED) is 0.328. The van der Waals surface area contributed by atoms with Crippen LogP contribution >= 0.6 is 66.7 Å². The molecule has 1 aliphatic rings. The molecule has 32 heavy (non-hydrogen) atoms. The Hall–Kier alpha value is -0.720. The zero-order valence-corrected chi connectivity index (χ0v) is 22.5. The van der Waals surface area contributed by atoms with Crippen molar-refractivity contribution >= 4 is 94.3 Å². The summed E-state index contributed by atoms with van der Waals surface area (Å²) >= 11 is 23.3. The van der Waals surface area contributed by atoms with E-state index in [4.69, 9.17) is 34.8 Å². The number of anilines is 1. The largest absolute Gasteiger partial charge is 0.336 e. The van der Waals surface area contributed by atoms with E-state index in [0.29, 0.717) is 25.8 Å². The lowest BCUT2D eigenvalue weighted by Gasteiger charge is -2.19. The number of Topliss-reactive ketones (excluding diaryl/α,β-unsaturated/α-hetero) is 1. The lowest BCUT2D eigenvalue weighted by molar-refractivity contribution is -0.114. The molecule has 0 aliphatic carbocycles.